The third-order valence-corrected chi connectivity index (χ3v) is 3.98. The minimum Gasteiger partial charge on any atom is -0.394 e. The molecule has 4 nitrogen and oxygen atoms in total. The lowest BCUT2D eigenvalue weighted by molar-refractivity contribution is -0.0105. The van der Waals surface area contributed by atoms with Crippen molar-refractivity contribution in [2.45, 2.75) is 19.1 Å². The van der Waals surface area contributed by atoms with E-state index in [1.165, 1.54) is 0 Å². The van der Waals surface area contributed by atoms with Gasteiger partial charge in [-0.25, -0.2) is 4.39 Å². The fraction of sp³-hybridized carbons (Fsp3) is 0.462. The minimum atomic E-state index is -0.454. The molecule has 0 radical (unpaired) electrons. The van der Waals surface area contributed by atoms with Crippen LogP contribution in [0.2, 0.25) is 0 Å². The molecule has 2 rings (SSSR count). The van der Waals surface area contributed by atoms with Crippen LogP contribution in [0.15, 0.2) is 16.6 Å². The summed E-state index contributed by atoms with van der Waals surface area (Å²) in [7, 11) is 0. The summed E-state index contributed by atoms with van der Waals surface area (Å²) in [6.07, 6.45) is -0.315. The average molecular weight is 329 g/mol. The fourth-order valence-electron chi connectivity index (χ4n) is 2.11. The van der Waals surface area contributed by atoms with Gasteiger partial charge in [0, 0.05) is 12.6 Å². The maximum absolute atomic E-state index is 14.3. The van der Waals surface area contributed by atoms with Crippen LogP contribution in [-0.2, 0) is 4.74 Å². The topological polar surface area (TPSA) is 56.5 Å². The average Bonchev–Trinajstić information content (AvgIpc) is 2.43. The van der Waals surface area contributed by atoms with Crippen molar-refractivity contribution in [1.82, 2.24) is 0 Å². The second kappa shape index (κ2) is 5.87. The van der Waals surface area contributed by atoms with Crippen LogP contribution in [-0.4, -0.2) is 37.0 Å². The SMILES string of the molecule is CC1COC(CO)CN1c1ccc(C#N)c(Br)c1F. The van der Waals surface area contributed by atoms with Crippen LogP contribution in [0.25, 0.3) is 0 Å². The maximum atomic E-state index is 14.3. The van der Waals surface area contributed by atoms with Crippen molar-refractivity contribution in [3.8, 4) is 6.07 Å². The molecule has 2 atom stereocenters. The van der Waals surface area contributed by atoms with Crippen LogP contribution < -0.4 is 4.90 Å². The van der Waals surface area contributed by atoms with Gasteiger partial charge >= 0.3 is 0 Å². The molecule has 0 bridgehead atoms. The Bertz CT molecular complexity index is 518. The summed E-state index contributed by atoms with van der Waals surface area (Å²) in [6.45, 7) is 2.69. The van der Waals surface area contributed by atoms with Gasteiger partial charge in [0.1, 0.15) is 6.07 Å². The van der Waals surface area contributed by atoms with Crippen LogP contribution in [0.4, 0.5) is 10.1 Å². The summed E-state index contributed by atoms with van der Waals surface area (Å²) in [5.74, 6) is -0.454. The molecule has 1 aliphatic heterocycles. The van der Waals surface area contributed by atoms with E-state index in [1.54, 1.807) is 12.1 Å². The van der Waals surface area contributed by atoms with Gasteiger partial charge in [-0.3, -0.25) is 0 Å². The first kappa shape index (κ1) is 14.3. The molecule has 0 aromatic heterocycles. The Morgan fingerprint density at radius 2 is 2.37 bits per heavy atom. The maximum Gasteiger partial charge on any atom is 0.161 e. The number of morpholine rings is 1. The van der Waals surface area contributed by atoms with Gasteiger partial charge in [-0.05, 0) is 35.0 Å². The van der Waals surface area contributed by atoms with Gasteiger partial charge in [-0.2, -0.15) is 5.26 Å². The molecule has 0 aliphatic carbocycles. The van der Waals surface area contributed by atoms with Crippen LogP contribution in [0.3, 0.4) is 0 Å². The van der Waals surface area contributed by atoms with Crippen molar-refractivity contribution in [1.29, 1.82) is 5.26 Å². The zero-order valence-electron chi connectivity index (χ0n) is 10.4. The van der Waals surface area contributed by atoms with E-state index in [0.29, 0.717) is 18.8 Å². The number of halogens is 2. The molecular weight excluding hydrogens is 315 g/mol. The van der Waals surface area contributed by atoms with Crippen molar-refractivity contribution < 1.29 is 14.2 Å². The number of ether oxygens (including phenoxy) is 1. The molecule has 1 aromatic rings. The highest BCUT2D eigenvalue weighted by Gasteiger charge is 2.28. The van der Waals surface area contributed by atoms with Crippen LogP contribution in [0.5, 0.6) is 0 Å². The molecule has 2 unspecified atom stereocenters. The van der Waals surface area contributed by atoms with E-state index >= 15 is 0 Å². The number of hydrogen-bond donors (Lipinski definition) is 1. The molecule has 1 heterocycles. The van der Waals surface area contributed by atoms with E-state index in [1.807, 2.05) is 17.9 Å². The van der Waals surface area contributed by atoms with Crippen molar-refractivity contribution in [2.24, 2.45) is 0 Å². The molecule has 0 spiro atoms. The lowest BCUT2D eigenvalue weighted by Gasteiger charge is -2.39. The van der Waals surface area contributed by atoms with Crippen molar-refractivity contribution in [3.63, 3.8) is 0 Å². The predicted molar refractivity (Wildman–Crippen MR) is 72.4 cm³/mol. The Morgan fingerprint density at radius 3 is 3.00 bits per heavy atom. The number of nitrogens with zero attached hydrogens (tertiary/aromatic N) is 2. The third-order valence-electron chi connectivity index (χ3n) is 3.20. The smallest absolute Gasteiger partial charge is 0.161 e. The summed E-state index contributed by atoms with van der Waals surface area (Å²) in [5.41, 5.74) is 0.681. The summed E-state index contributed by atoms with van der Waals surface area (Å²) in [6, 6.07) is 5.11. The first-order chi connectivity index (χ1) is 9.08. The van der Waals surface area contributed by atoms with Crippen molar-refractivity contribution in [3.05, 3.63) is 28.0 Å². The third kappa shape index (κ3) is 2.73. The second-order valence-corrected chi connectivity index (χ2v) is 5.30. The van der Waals surface area contributed by atoms with Gasteiger partial charge in [0.2, 0.25) is 0 Å². The second-order valence-electron chi connectivity index (χ2n) is 4.51. The molecule has 19 heavy (non-hydrogen) atoms. The molecule has 1 fully saturated rings. The Hall–Kier alpha value is -1.16. The van der Waals surface area contributed by atoms with Gasteiger partial charge < -0.3 is 14.7 Å². The van der Waals surface area contributed by atoms with E-state index in [9.17, 15) is 4.39 Å². The number of benzene rings is 1. The fourth-order valence-corrected chi connectivity index (χ4v) is 2.53. The zero-order valence-corrected chi connectivity index (χ0v) is 12.0. The summed E-state index contributed by atoms with van der Waals surface area (Å²) >= 11 is 3.11. The summed E-state index contributed by atoms with van der Waals surface area (Å²) < 4.78 is 19.9. The Labute approximate surface area is 119 Å². The lowest BCUT2D eigenvalue weighted by Crippen LogP contribution is -2.50. The largest absolute Gasteiger partial charge is 0.394 e. The Morgan fingerprint density at radius 1 is 1.63 bits per heavy atom. The Balaban J connectivity index is 2.35. The number of hydrogen-bond acceptors (Lipinski definition) is 4. The van der Waals surface area contributed by atoms with Crippen molar-refractivity contribution >= 4 is 21.6 Å². The number of nitriles is 1. The van der Waals surface area contributed by atoms with E-state index in [4.69, 9.17) is 15.1 Å². The monoisotopic (exact) mass is 328 g/mol. The molecule has 0 saturated carbocycles. The highest BCUT2D eigenvalue weighted by atomic mass is 79.9. The van der Waals surface area contributed by atoms with E-state index in [2.05, 4.69) is 15.9 Å². The van der Waals surface area contributed by atoms with Crippen LogP contribution >= 0.6 is 15.9 Å². The van der Waals surface area contributed by atoms with E-state index in [0.717, 1.165) is 0 Å². The highest BCUT2D eigenvalue weighted by Crippen LogP contribution is 2.31. The number of aliphatic hydroxyl groups excluding tert-OH is 1. The molecule has 6 heteroatoms. The first-order valence-corrected chi connectivity index (χ1v) is 6.75. The van der Waals surface area contributed by atoms with E-state index < -0.39 is 5.82 Å². The Kier molecular flexibility index (Phi) is 4.40. The highest BCUT2D eigenvalue weighted by molar-refractivity contribution is 9.10. The predicted octanol–water partition coefficient (Wildman–Crippen LogP) is 2.05. The van der Waals surface area contributed by atoms with Gasteiger partial charge in [-0.15, -0.1) is 0 Å². The van der Waals surface area contributed by atoms with Gasteiger partial charge in [0.05, 0.1) is 35.0 Å². The molecule has 102 valence electrons. The molecule has 1 N–H and O–H groups in total. The normalized spacial score (nSPS) is 23.2. The lowest BCUT2D eigenvalue weighted by atomic mass is 10.1. The van der Waals surface area contributed by atoms with Crippen molar-refractivity contribution in [2.75, 3.05) is 24.7 Å². The molecule has 1 aromatic carbocycles. The quantitative estimate of drug-likeness (QED) is 0.902. The number of rotatable bonds is 2. The molecule has 1 aliphatic rings. The van der Waals surface area contributed by atoms with Gasteiger partial charge in [-0.1, -0.05) is 0 Å². The number of anilines is 1. The molecular formula is C13H14BrFN2O2. The molecule has 0 amide bonds. The first-order valence-electron chi connectivity index (χ1n) is 5.95. The minimum absolute atomic E-state index is 0.0112. The van der Waals surface area contributed by atoms with Crippen LogP contribution in [0.1, 0.15) is 12.5 Å². The number of aliphatic hydroxyl groups is 1. The molecule has 1 saturated heterocycles. The zero-order chi connectivity index (χ0) is 14.0. The van der Waals surface area contributed by atoms with Gasteiger partial charge in [0.25, 0.3) is 0 Å². The van der Waals surface area contributed by atoms with Crippen LogP contribution in [0, 0.1) is 17.1 Å². The van der Waals surface area contributed by atoms with E-state index in [-0.39, 0.29) is 28.8 Å². The standard InChI is InChI=1S/C13H14BrFN2O2/c1-8-7-19-10(6-18)5-17(8)11-3-2-9(4-16)12(14)13(11)15/h2-3,8,10,18H,5-7H2,1H3. The summed E-state index contributed by atoms with van der Waals surface area (Å²) in [4.78, 5) is 1.85. The summed E-state index contributed by atoms with van der Waals surface area (Å²) in [5, 5.41) is 18.0. The van der Waals surface area contributed by atoms with Gasteiger partial charge in [0.15, 0.2) is 5.82 Å².